The molecule has 0 aliphatic carbocycles. The molecule has 56 heavy (non-hydrogen) atoms. The lowest BCUT2D eigenvalue weighted by molar-refractivity contribution is -0.140. The Bertz CT molecular complexity index is 1850. The Morgan fingerprint density at radius 1 is 0.696 bits per heavy atom. The maximum atomic E-state index is 14.1. The topological polar surface area (TPSA) is 64.5 Å². The van der Waals surface area contributed by atoms with Gasteiger partial charge in [0.25, 0.3) is 0 Å². The predicted octanol–water partition coefficient (Wildman–Crippen LogP) is 9.51. The summed E-state index contributed by atoms with van der Waals surface area (Å²) in [5.41, 5.74) is 0.939. The third-order valence-corrected chi connectivity index (χ3v) is 10.7. The zero-order chi connectivity index (χ0) is 39.5. The second kappa shape index (κ2) is 19.9. The van der Waals surface area contributed by atoms with Gasteiger partial charge >= 0.3 is 6.18 Å². The first-order chi connectivity index (χ1) is 27.2. The molecule has 3 heterocycles. The predicted molar refractivity (Wildman–Crippen MR) is 212 cm³/mol. The summed E-state index contributed by atoms with van der Waals surface area (Å²) in [7, 11) is 0. The number of unbranched alkanes of at least 4 members (excludes halogenated alkanes) is 1. The van der Waals surface area contributed by atoms with Crippen molar-refractivity contribution in [3.8, 4) is 40.1 Å². The van der Waals surface area contributed by atoms with Crippen molar-refractivity contribution in [2.75, 3.05) is 78.7 Å². The van der Waals surface area contributed by atoms with E-state index in [0.29, 0.717) is 55.3 Å². The number of hydrogen-bond donors (Lipinski definition) is 0. The molecule has 0 bridgehead atoms. The summed E-state index contributed by atoms with van der Waals surface area (Å²) in [5, 5.41) is 0. The molecule has 0 spiro atoms. The third-order valence-electron chi connectivity index (χ3n) is 10.7. The van der Waals surface area contributed by atoms with Crippen LogP contribution in [0.25, 0.3) is 22.4 Å². The van der Waals surface area contributed by atoms with E-state index >= 15 is 0 Å². The number of nitrogens with zero attached hydrogens (tertiary/aromatic N) is 5. The van der Waals surface area contributed by atoms with E-state index in [2.05, 4.69) is 40.0 Å². The average Bonchev–Trinajstić information content (AvgIpc) is 3.97. The van der Waals surface area contributed by atoms with Gasteiger partial charge in [-0.15, -0.1) is 0 Å². The highest BCUT2D eigenvalue weighted by Crippen LogP contribution is 2.41. The highest BCUT2D eigenvalue weighted by Gasteiger charge is 2.34. The molecular weight excluding hydrogens is 726 g/mol. The summed E-state index contributed by atoms with van der Waals surface area (Å²) in [5.74, 6) is 1.30. The minimum atomic E-state index is -4.86. The lowest BCUT2D eigenvalue weighted by Gasteiger charge is -2.19. The highest BCUT2D eigenvalue weighted by molar-refractivity contribution is 5.88. The van der Waals surface area contributed by atoms with E-state index in [1.165, 1.54) is 31.7 Å². The van der Waals surface area contributed by atoms with Crippen molar-refractivity contribution in [2.45, 2.75) is 78.4 Å². The highest BCUT2D eigenvalue weighted by atomic mass is 19.4. The second-order valence-corrected chi connectivity index (χ2v) is 14.7. The monoisotopic (exact) mass is 783 g/mol. The maximum Gasteiger partial charge on any atom is 0.419 e. The molecule has 4 aromatic rings. The molecule has 2 saturated heterocycles. The number of halogens is 4. The van der Waals surface area contributed by atoms with Crippen molar-refractivity contribution in [2.24, 2.45) is 0 Å². The lowest BCUT2D eigenvalue weighted by Crippen LogP contribution is -2.25. The quantitative estimate of drug-likeness (QED) is 0.0612. The van der Waals surface area contributed by atoms with Crippen LogP contribution < -0.4 is 18.9 Å². The van der Waals surface area contributed by atoms with E-state index in [1.54, 1.807) is 12.1 Å². The fourth-order valence-electron chi connectivity index (χ4n) is 7.50. The molecule has 0 saturated carbocycles. The first kappa shape index (κ1) is 41.6. The summed E-state index contributed by atoms with van der Waals surface area (Å²) < 4.78 is 82.2. The van der Waals surface area contributed by atoms with Crippen LogP contribution in [0.3, 0.4) is 0 Å². The van der Waals surface area contributed by atoms with Crippen molar-refractivity contribution in [1.29, 1.82) is 0 Å². The number of aryl methyl sites for hydroxylation is 1. The normalized spacial score (nSPS) is 15.4. The number of ether oxygens (including phenoxy) is 4. The third kappa shape index (κ3) is 10.9. The fourth-order valence-corrected chi connectivity index (χ4v) is 7.50. The van der Waals surface area contributed by atoms with Gasteiger partial charge in [-0.2, -0.15) is 13.2 Å². The SMILES string of the molecule is CCCCn1c(-c2ccc(Oc3ccc(F)c(C(F)(F)F)c3)cc2OCCCN(CC)CC)nc2c(OCCN3CCCC3)cc(OCCN3CCCC3)cc21. The Balaban J connectivity index is 1.37. The Hall–Kier alpha value is -4.07. The minimum Gasteiger partial charge on any atom is -0.493 e. The molecule has 3 aromatic carbocycles. The van der Waals surface area contributed by atoms with Gasteiger partial charge in [0.15, 0.2) is 5.75 Å². The Labute approximate surface area is 328 Å². The maximum absolute atomic E-state index is 14.1. The van der Waals surface area contributed by atoms with Crippen molar-refractivity contribution < 1.29 is 36.5 Å². The van der Waals surface area contributed by atoms with Crippen LogP contribution in [0.15, 0.2) is 48.5 Å². The number of alkyl halides is 3. The van der Waals surface area contributed by atoms with Crippen LogP contribution >= 0.6 is 0 Å². The molecule has 2 aliphatic rings. The Morgan fingerprint density at radius 2 is 1.32 bits per heavy atom. The van der Waals surface area contributed by atoms with E-state index in [1.807, 2.05) is 18.2 Å². The summed E-state index contributed by atoms with van der Waals surface area (Å²) in [4.78, 5) is 12.4. The van der Waals surface area contributed by atoms with Gasteiger partial charge in [-0.25, -0.2) is 9.37 Å². The smallest absolute Gasteiger partial charge is 0.419 e. The molecule has 13 heteroatoms. The zero-order valence-electron chi connectivity index (χ0n) is 33.1. The van der Waals surface area contributed by atoms with Crippen LogP contribution in [-0.2, 0) is 12.7 Å². The van der Waals surface area contributed by atoms with E-state index in [4.69, 9.17) is 23.9 Å². The van der Waals surface area contributed by atoms with Crippen LogP contribution in [0.1, 0.15) is 71.3 Å². The van der Waals surface area contributed by atoms with Crippen molar-refractivity contribution in [3.05, 3.63) is 59.9 Å². The molecule has 1 aromatic heterocycles. The van der Waals surface area contributed by atoms with Gasteiger partial charge in [-0.3, -0.25) is 9.80 Å². The van der Waals surface area contributed by atoms with Crippen LogP contribution in [-0.4, -0.2) is 103 Å². The largest absolute Gasteiger partial charge is 0.493 e. The van der Waals surface area contributed by atoms with Gasteiger partial charge in [-0.05, 0) is 108 Å². The number of benzene rings is 3. The summed E-state index contributed by atoms with van der Waals surface area (Å²) in [6.45, 7) is 17.3. The zero-order valence-corrected chi connectivity index (χ0v) is 33.1. The number of rotatable bonds is 21. The van der Waals surface area contributed by atoms with E-state index in [9.17, 15) is 17.6 Å². The molecule has 0 N–H and O–H groups in total. The number of hydrogen-bond acceptors (Lipinski definition) is 8. The number of likely N-dealkylation sites (tertiary alicyclic amines) is 2. The minimum absolute atomic E-state index is 0.137. The molecule has 0 radical (unpaired) electrons. The fraction of sp³-hybridized carbons (Fsp3) is 0.558. The number of aromatic nitrogens is 2. The van der Waals surface area contributed by atoms with Crippen LogP contribution in [0.5, 0.6) is 28.7 Å². The molecule has 2 aliphatic heterocycles. The standard InChI is InChI=1S/C43H57F4N5O4/c1-4-7-22-52-38-29-34(53-26-23-50-17-8-9-18-50)31-40(55-27-24-51-19-10-11-20-51)41(38)48-42(52)35-15-13-33(30-39(35)54-25-12-21-49(5-2)6-3)56-32-14-16-37(44)36(28-32)43(45,46)47/h13-16,28-31H,4-12,17-27H2,1-3H3. The summed E-state index contributed by atoms with van der Waals surface area (Å²) in [6, 6.07) is 11.8. The van der Waals surface area contributed by atoms with Crippen molar-refractivity contribution in [3.63, 3.8) is 0 Å². The van der Waals surface area contributed by atoms with Crippen molar-refractivity contribution in [1.82, 2.24) is 24.3 Å². The van der Waals surface area contributed by atoms with Gasteiger partial charge < -0.3 is 28.4 Å². The molecule has 0 unspecified atom stereocenters. The molecular formula is C43H57F4N5O4. The molecule has 2 fully saturated rings. The number of fused-ring (bicyclic) bond motifs is 1. The first-order valence-corrected chi connectivity index (χ1v) is 20.5. The van der Waals surface area contributed by atoms with Gasteiger partial charge in [0, 0.05) is 44.4 Å². The van der Waals surface area contributed by atoms with E-state index < -0.39 is 17.6 Å². The Morgan fingerprint density at radius 3 is 1.98 bits per heavy atom. The molecule has 0 amide bonds. The second-order valence-electron chi connectivity index (χ2n) is 14.7. The summed E-state index contributed by atoms with van der Waals surface area (Å²) >= 11 is 0. The molecule has 9 nitrogen and oxygen atoms in total. The lowest BCUT2D eigenvalue weighted by atomic mass is 10.1. The van der Waals surface area contributed by atoms with Crippen LogP contribution in [0.4, 0.5) is 17.6 Å². The summed E-state index contributed by atoms with van der Waals surface area (Å²) in [6.07, 6.45) is 2.62. The molecule has 306 valence electrons. The van der Waals surface area contributed by atoms with Gasteiger partial charge in [0.2, 0.25) is 0 Å². The molecule has 6 rings (SSSR count). The van der Waals surface area contributed by atoms with Crippen LogP contribution in [0, 0.1) is 5.82 Å². The molecule has 0 atom stereocenters. The van der Waals surface area contributed by atoms with Gasteiger partial charge in [0.05, 0.1) is 23.3 Å². The first-order valence-electron chi connectivity index (χ1n) is 20.5. The number of imidazole rings is 1. The van der Waals surface area contributed by atoms with Crippen molar-refractivity contribution >= 4 is 11.0 Å². The van der Waals surface area contributed by atoms with Gasteiger partial charge in [-0.1, -0.05) is 27.2 Å². The Kier molecular flexibility index (Phi) is 14.7. The van der Waals surface area contributed by atoms with E-state index in [-0.39, 0.29) is 11.5 Å². The van der Waals surface area contributed by atoms with Gasteiger partial charge in [0.1, 0.15) is 53.4 Å². The van der Waals surface area contributed by atoms with E-state index in [0.717, 1.165) is 101 Å². The average molecular weight is 784 g/mol. The van der Waals surface area contributed by atoms with Crippen LogP contribution in [0.2, 0.25) is 0 Å².